The van der Waals surface area contributed by atoms with Gasteiger partial charge in [0.1, 0.15) is 5.82 Å². The van der Waals surface area contributed by atoms with Gasteiger partial charge in [0.15, 0.2) is 0 Å². The van der Waals surface area contributed by atoms with E-state index < -0.39 is 0 Å². The lowest BCUT2D eigenvalue weighted by Crippen LogP contribution is -2.31. The maximum absolute atomic E-state index is 4.40. The third kappa shape index (κ3) is 1.05. The molecule has 2 rings (SSSR count). The molecule has 60 valence electrons. The molecule has 1 aromatic heterocycles. The Kier molecular flexibility index (Phi) is 1.46. The van der Waals surface area contributed by atoms with Gasteiger partial charge in [-0.3, -0.25) is 0 Å². The molecule has 0 fully saturated rings. The lowest BCUT2D eigenvalue weighted by molar-refractivity contribution is 0.421. The van der Waals surface area contributed by atoms with Crippen molar-refractivity contribution in [1.29, 1.82) is 0 Å². The number of imidazole rings is 1. The lowest BCUT2D eigenvalue weighted by Gasteiger charge is -2.22. The summed E-state index contributed by atoms with van der Waals surface area (Å²) < 4.78 is 2.26. The average molecular weight is 151 g/mol. The van der Waals surface area contributed by atoms with Crippen molar-refractivity contribution in [3.05, 3.63) is 17.7 Å². The van der Waals surface area contributed by atoms with Gasteiger partial charge in [0.2, 0.25) is 0 Å². The monoisotopic (exact) mass is 151 g/mol. The van der Waals surface area contributed by atoms with E-state index in [1.54, 1.807) is 0 Å². The van der Waals surface area contributed by atoms with Crippen LogP contribution in [-0.4, -0.2) is 16.1 Å². The predicted molar refractivity (Wildman–Crippen MR) is 43.4 cm³/mol. The smallest absolute Gasteiger partial charge is 0.123 e. The molecule has 0 amide bonds. The van der Waals surface area contributed by atoms with E-state index in [4.69, 9.17) is 0 Å². The molecule has 1 unspecified atom stereocenters. The van der Waals surface area contributed by atoms with Gasteiger partial charge in [-0.1, -0.05) is 0 Å². The molecule has 1 aliphatic rings. The molecular weight excluding hydrogens is 138 g/mol. The van der Waals surface area contributed by atoms with Crippen LogP contribution in [0.3, 0.4) is 0 Å². The molecule has 1 aromatic rings. The van der Waals surface area contributed by atoms with Crippen molar-refractivity contribution in [2.45, 2.75) is 26.4 Å². The van der Waals surface area contributed by atoms with E-state index in [2.05, 4.69) is 28.0 Å². The van der Waals surface area contributed by atoms with Crippen molar-refractivity contribution in [3.8, 4) is 0 Å². The number of nitrogens with zero attached hydrogens (tertiary/aromatic N) is 2. The second-order valence-electron chi connectivity index (χ2n) is 3.19. The molecule has 0 saturated carbocycles. The third-order valence-corrected chi connectivity index (χ3v) is 2.13. The van der Waals surface area contributed by atoms with Gasteiger partial charge in [-0.05, 0) is 13.8 Å². The summed E-state index contributed by atoms with van der Waals surface area (Å²) in [7, 11) is 0. The molecule has 1 N–H and O–H groups in total. The maximum Gasteiger partial charge on any atom is 0.123 e. The fourth-order valence-electron chi connectivity index (χ4n) is 1.57. The summed E-state index contributed by atoms with van der Waals surface area (Å²) >= 11 is 0. The highest BCUT2D eigenvalue weighted by Gasteiger charge is 2.15. The average Bonchev–Trinajstić information content (AvgIpc) is 2.31. The molecule has 1 aliphatic heterocycles. The van der Waals surface area contributed by atoms with Crippen LogP contribution in [0.15, 0.2) is 6.20 Å². The fraction of sp³-hybridized carbons (Fsp3) is 0.625. The van der Waals surface area contributed by atoms with Crippen LogP contribution in [0.25, 0.3) is 0 Å². The van der Waals surface area contributed by atoms with E-state index in [1.807, 2.05) is 6.92 Å². The summed E-state index contributed by atoms with van der Waals surface area (Å²) in [6.07, 6.45) is 2.13. The summed E-state index contributed by atoms with van der Waals surface area (Å²) in [5, 5.41) is 3.32. The molecule has 1 atom stereocenters. The fourth-order valence-corrected chi connectivity index (χ4v) is 1.57. The van der Waals surface area contributed by atoms with Crippen LogP contribution in [0.2, 0.25) is 0 Å². The first kappa shape index (κ1) is 6.85. The van der Waals surface area contributed by atoms with Gasteiger partial charge >= 0.3 is 0 Å². The molecule has 3 heteroatoms. The number of nitrogens with one attached hydrogen (secondary N) is 1. The minimum Gasteiger partial charge on any atom is -0.330 e. The number of hydrogen-bond acceptors (Lipinski definition) is 2. The van der Waals surface area contributed by atoms with E-state index in [0.29, 0.717) is 6.04 Å². The van der Waals surface area contributed by atoms with Gasteiger partial charge in [-0.2, -0.15) is 0 Å². The van der Waals surface area contributed by atoms with Gasteiger partial charge in [0.05, 0.1) is 12.2 Å². The molecule has 0 aromatic carbocycles. The minimum absolute atomic E-state index is 0.556. The van der Waals surface area contributed by atoms with Crippen LogP contribution in [0.5, 0.6) is 0 Å². The quantitative estimate of drug-likeness (QED) is 0.596. The van der Waals surface area contributed by atoms with Crippen LogP contribution >= 0.6 is 0 Å². The molecule has 2 heterocycles. The van der Waals surface area contributed by atoms with E-state index in [9.17, 15) is 0 Å². The lowest BCUT2D eigenvalue weighted by atomic mass is 10.3. The van der Waals surface area contributed by atoms with E-state index >= 15 is 0 Å². The second kappa shape index (κ2) is 2.34. The summed E-state index contributed by atoms with van der Waals surface area (Å²) in [5.74, 6) is 1.17. The Hall–Kier alpha value is -0.830. The molecule has 0 saturated heterocycles. The zero-order valence-corrected chi connectivity index (χ0v) is 6.96. The van der Waals surface area contributed by atoms with Gasteiger partial charge in [0.25, 0.3) is 0 Å². The summed E-state index contributed by atoms with van der Waals surface area (Å²) in [6, 6.07) is 0.556. The van der Waals surface area contributed by atoms with Crippen LogP contribution < -0.4 is 5.32 Å². The van der Waals surface area contributed by atoms with Crippen molar-refractivity contribution >= 4 is 0 Å². The van der Waals surface area contributed by atoms with Crippen molar-refractivity contribution in [3.63, 3.8) is 0 Å². The topological polar surface area (TPSA) is 29.9 Å². The summed E-state index contributed by atoms with van der Waals surface area (Å²) in [4.78, 5) is 4.40. The zero-order valence-electron chi connectivity index (χ0n) is 6.96. The molecule has 0 bridgehead atoms. The van der Waals surface area contributed by atoms with Crippen molar-refractivity contribution in [1.82, 2.24) is 14.9 Å². The first-order valence-electron chi connectivity index (χ1n) is 4.02. The zero-order chi connectivity index (χ0) is 7.84. The van der Waals surface area contributed by atoms with Crippen LogP contribution in [0.1, 0.15) is 24.5 Å². The Balaban J connectivity index is 2.43. The van der Waals surface area contributed by atoms with E-state index in [0.717, 1.165) is 18.8 Å². The van der Waals surface area contributed by atoms with Crippen LogP contribution in [0.4, 0.5) is 0 Å². The number of fused-ring (bicyclic) bond motifs is 1. The third-order valence-electron chi connectivity index (χ3n) is 2.13. The first-order chi connectivity index (χ1) is 5.27. The van der Waals surface area contributed by atoms with Crippen molar-refractivity contribution < 1.29 is 0 Å². The van der Waals surface area contributed by atoms with E-state index in [-0.39, 0.29) is 0 Å². The van der Waals surface area contributed by atoms with Crippen molar-refractivity contribution in [2.24, 2.45) is 0 Å². The highest BCUT2D eigenvalue weighted by atomic mass is 15.2. The molecule has 3 nitrogen and oxygen atoms in total. The van der Waals surface area contributed by atoms with Gasteiger partial charge in [-0.15, -0.1) is 0 Å². The summed E-state index contributed by atoms with van der Waals surface area (Å²) in [5.41, 5.74) is 1.12. The number of aryl methyl sites for hydroxylation is 1. The highest BCUT2D eigenvalue weighted by Crippen LogP contribution is 2.14. The molecule has 11 heavy (non-hydrogen) atoms. The molecular formula is C8H13N3. The number of rotatable bonds is 0. The Labute approximate surface area is 66.4 Å². The van der Waals surface area contributed by atoms with Crippen LogP contribution in [0, 0.1) is 6.92 Å². The Morgan fingerprint density at radius 1 is 1.73 bits per heavy atom. The van der Waals surface area contributed by atoms with Crippen LogP contribution in [-0.2, 0) is 6.54 Å². The molecule has 0 radical (unpaired) electrons. The maximum atomic E-state index is 4.40. The van der Waals surface area contributed by atoms with Gasteiger partial charge < -0.3 is 9.88 Å². The Bertz CT molecular complexity index is 264. The Morgan fingerprint density at radius 3 is 3.27 bits per heavy atom. The molecule has 0 aliphatic carbocycles. The summed E-state index contributed by atoms with van der Waals surface area (Å²) in [6.45, 7) is 6.22. The standard InChI is InChI=1S/C8H13N3/c1-6-5-11-7(2)3-9-4-8(11)10-6/h5,7,9H,3-4H2,1-2H3. The van der Waals surface area contributed by atoms with Gasteiger partial charge in [-0.25, -0.2) is 4.98 Å². The first-order valence-corrected chi connectivity index (χ1v) is 4.02. The minimum atomic E-state index is 0.556. The number of aromatic nitrogens is 2. The predicted octanol–water partition coefficient (Wildman–Crippen LogP) is 0.856. The normalized spacial score (nSPS) is 23.3. The van der Waals surface area contributed by atoms with Crippen molar-refractivity contribution in [2.75, 3.05) is 6.54 Å². The second-order valence-corrected chi connectivity index (χ2v) is 3.19. The largest absolute Gasteiger partial charge is 0.330 e. The highest BCUT2D eigenvalue weighted by molar-refractivity contribution is 5.05. The number of hydrogen-bond donors (Lipinski definition) is 1. The SMILES string of the molecule is Cc1cn2c(n1)CNCC2C. The Morgan fingerprint density at radius 2 is 2.55 bits per heavy atom. The van der Waals surface area contributed by atoms with Gasteiger partial charge in [0, 0.05) is 18.8 Å². The molecule has 0 spiro atoms. The van der Waals surface area contributed by atoms with E-state index in [1.165, 1.54) is 5.82 Å².